The van der Waals surface area contributed by atoms with Crippen molar-refractivity contribution in [3.8, 4) is 11.1 Å². The molecule has 6 nitrogen and oxygen atoms in total. The minimum absolute atomic E-state index is 0.0970. The third-order valence-electron chi connectivity index (χ3n) is 6.38. The van der Waals surface area contributed by atoms with Gasteiger partial charge in [-0.2, -0.15) is 23.0 Å². The lowest BCUT2D eigenvalue weighted by atomic mass is 9.90. The number of hydrogen-bond acceptors (Lipinski definition) is 4. The summed E-state index contributed by atoms with van der Waals surface area (Å²) in [5.74, 6) is -1.67. The second-order valence-corrected chi connectivity index (χ2v) is 8.90. The first-order valence-corrected chi connectivity index (χ1v) is 11.3. The number of hydrogen-bond donors (Lipinski definition) is 1. The lowest BCUT2D eigenvalue weighted by Crippen LogP contribution is -2.29. The number of nitrogens with zero attached hydrogens (tertiary/aromatic N) is 4. The van der Waals surface area contributed by atoms with Crippen LogP contribution in [-0.4, -0.2) is 45.4 Å². The maximum Gasteiger partial charge on any atom is 0.415 e. The van der Waals surface area contributed by atoms with E-state index in [9.17, 15) is 17.6 Å². The molecule has 1 saturated heterocycles. The molecule has 0 radical (unpaired) electrons. The standard InChI is InChI=1S/C24H25F4N5O/c1-15-8-17(23(25)20(9-15)24(26,27)28)14-34-33-7-4-21-22(33)10-16(11-30-21)18-12-31-32(13-18)19-2-5-29-6-3-19/h4,7-8,10-13,15,19,29H,2-3,5-6,9,14H2,1H3. The fourth-order valence-corrected chi connectivity index (χ4v) is 4.59. The molecule has 2 aliphatic rings. The van der Waals surface area contributed by atoms with Crippen LogP contribution in [-0.2, 0) is 0 Å². The predicted octanol–water partition coefficient (Wildman–Crippen LogP) is 5.01. The first-order chi connectivity index (χ1) is 16.3. The van der Waals surface area contributed by atoms with Gasteiger partial charge in [-0.1, -0.05) is 13.0 Å². The van der Waals surface area contributed by atoms with Gasteiger partial charge < -0.3 is 10.2 Å². The SMILES string of the molecule is CC1C=C(COn2ccc3ncc(-c4cnn(C5CCNCC5)c4)cc32)C(F)=C(C(F)(F)F)C1. The average Bonchev–Trinajstić information content (AvgIpc) is 3.46. The molecule has 1 fully saturated rings. The highest BCUT2D eigenvalue weighted by Crippen LogP contribution is 2.39. The summed E-state index contributed by atoms with van der Waals surface area (Å²) < 4.78 is 57.5. The summed E-state index contributed by atoms with van der Waals surface area (Å²) in [4.78, 5) is 10.2. The summed E-state index contributed by atoms with van der Waals surface area (Å²) in [5.41, 5.74) is 1.82. The molecule has 1 aliphatic carbocycles. The zero-order valence-electron chi connectivity index (χ0n) is 18.6. The lowest BCUT2D eigenvalue weighted by Gasteiger charge is -2.22. The number of pyridine rings is 1. The van der Waals surface area contributed by atoms with Gasteiger partial charge in [0.15, 0.2) is 0 Å². The molecule has 180 valence electrons. The number of allylic oxidation sites excluding steroid dienone is 2. The van der Waals surface area contributed by atoms with Gasteiger partial charge in [0.25, 0.3) is 0 Å². The molecular formula is C24H25F4N5O. The molecule has 1 unspecified atom stereocenters. The van der Waals surface area contributed by atoms with E-state index >= 15 is 0 Å². The number of rotatable bonds is 5. The first kappa shape index (κ1) is 22.6. The molecule has 0 spiro atoms. The van der Waals surface area contributed by atoms with Crippen LogP contribution in [0.5, 0.6) is 0 Å². The van der Waals surface area contributed by atoms with Gasteiger partial charge in [-0.15, -0.1) is 0 Å². The molecule has 4 heterocycles. The Morgan fingerprint density at radius 2 is 1.97 bits per heavy atom. The molecule has 34 heavy (non-hydrogen) atoms. The molecule has 1 N–H and O–H groups in total. The molecule has 0 saturated carbocycles. The van der Waals surface area contributed by atoms with Crippen LogP contribution in [0.4, 0.5) is 17.6 Å². The maximum atomic E-state index is 14.5. The molecule has 10 heteroatoms. The Morgan fingerprint density at radius 3 is 2.74 bits per heavy atom. The van der Waals surface area contributed by atoms with Gasteiger partial charge in [-0.05, 0) is 50.4 Å². The van der Waals surface area contributed by atoms with E-state index in [0.717, 1.165) is 37.1 Å². The summed E-state index contributed by atoms with van der Waals surface area (Å²) in [6.45, 7) is 3.24. The Morgan fingerprint density at radius 1 is 1.18 bits per heavy atom. The Labute approximate surface area is 193 Å². The number of aromatic nitrogens is 4. The number of alkyl halides is 3. The molecule has 5 rings (SSSR count). The Hall–Kier alpha value is -3.14. The molecule has 1 aliphatic heterocycles. The fraction of sp³-hybridized carbons (Fsp3) is 0.417. The third-order valence-corrected chi connectivity index (χ3v) is 6.38. The monoisotopic (exact) mass is 475 g/mol. The lowest BCUT2D eigenvalue weighted by molar-refractivity contribution is -0.0970. The van der Waals surface area contributed by atoms with E-state index in [4.69, 9.17) is 4.84 Å². The smallest absolute Gasteiger partial charge is 0.409 e. The molecule has 3 aromatic heterocycles. The van der Waals surface area contributed by atoms with Crippen LogP contribution >= 0.6 is 0 Å². The highest BCUT2D eigenvalue weighted by molar-refractivity contribution is 5.80. The average molecular weight is 475 g/mol. The number of piperidine rings is 1. The van der Waals surface area contributed by atoms with Crippen molar-refractivity contribution in [1.29, 1.82) is 0 Å². The first-order valence-electron chi connectivity index (χ1n) is 11.3. The maximum absolute atomic E-state index is 14.5. The van der Waals surface area contributed by atoms with Gasteiger partial charge in [0.2, 0.25) is 0 Å². The van der Waals surface area contributed by atoms with Gasteiger partial charge in [0, 0.05) is 35.3 Å². The third kappa shape index (κ3) is 4.46. The van der Waals surface area contributed by atoms with Gasteiger partial charge in [0.05, 0.1) is 23.3 Å². The van der Waals surface area contributed by atoms with Crippen LogP contribution in [0.3, 0.4) is 0 Å². The largest absolute Gasteiger partial charge is 0.415 e. The van der Waals surface area contributed by atoms with E-state index in [1.54, 1.807) is 31.6 Å². The number of halogens is 4. The zero-order chi connectivity index (χ0) is 23.9. The number of nitrogens with one attached hydrogen (secondary N) is 1. The van der Waals surface area contributed by atoms with Crippen molar-refractivity contribution in [2.45, 2.75) is 38.4 Å². The van der Waals surface area contributed by atoms with Gasteiger partial charge >= 0.3 is 6.18 Å². The van der Waals surface area contributed by atoms with Crippen LogP contribution < -0.4 is 10.2 Å². The Kier molecular flexibility index (Phi) is 5.93. The second-order valence-electron chi connectivity index (χ2n) is 8.90. The van der Waals surface area contributed by atoms with E-state index in [2.05, 4.69) is 15.4 Å². The van der Waals surface area contributed by atoms with Crippen LogP contribution in [0, 0.1) is 5.92 Å². The number of fused-ring (bicyclic) bond motifs is 1. The van der Waals surface area contributed by atoms with Gasteiger partial charge in [0.1, 0.15) is 18.0 Å². The van der Waals surface area contributed by atoms with Crippen LogP contribution in [0.15, 0.2) is 60.0 Å². The van der Waals surface area contributed by atoms with Crippen molar-refractivity contribution in [1.82, 2.24) is 24.8 Å². The van der Waals surface area contributed by atoms with Gasteiger partial charge in [-0.25, -0.2) is 4.39 Å². The van der Waals surface area contributed by atoms with Crippen LogP contribution in [0.25, 0.3) is 22.2 Å². The van der Waals surface area contributed by atoms with Crippen molar-refractivity contribution in [3.63, 3.8) is 0 Å². The summed E-state index contributed by atoms with van der Waals surface area (Å²) in [7, 11) is 0. The molecule has 0 bridgehead atoms. The normalized spacial score (nSPS) is 20.1. The Bertz CT molecular complexity index is 1250. The molecule has 1 atom stereocenters. The Balaban J connectivity index is 1.37. The van der Waals surface area contributed by atoms with Crippen molar-refractivity contribution >= 4 is 11.0 Å². The van der Waals surface area contributed by atoms with Crippen molar-refractivity contribution in [2.75, 3.05) is 19.7 Å². The molecule has 3 aromatic rings. The predicted molar refractivity (Wildman–Crippen MR) is 120 cm³/mol. The fourth-order valence-electron chi connectivity index (χ4n) is 4.59. The van der Waals surface area contributed by atoms with E-state index < -0.39 is 23.5 Å². The molecule has 0 aromatic carbocycles. The highest BCUT2D eigenvalue weighted by atomic mass is 19.4. The highest BCUT2D eigenvalue weighted by Gasteiger charge is 2.40. The molecule has 0 amide bonds. The van der Waals surface area contributed by atoms with Crippen molar-refractivity contribution in [2.24, 2.45) is 5.92 Å². The molecular weight excluding hydrogens is 450 g/mol. The summed E-state index contributed by atoms with van der Waals surface area (Å²) in [5, 5.41) is 7.87. The van der Waals surface area contributed by atoms with E-state index in [1.165, 1.54) is 10.8 Å². The summed E-state index contributed by atoms with van der Waals surface area (Å²) in [6.07, 6.45) is 5.63. The van der Waals surface area contributed by atoms with Crippen molar-refractivity contribution in [3.05, 3.63) is 60.0 Å². The quantitative estimate of drug-likeness (QED) is 0.528. The van der Waals surface area contributed by atoms with E-state index in [-0.39, 0.29) is 18.6 Å². The zero-order valence-corrected chi connectivity index (χ0v) is 18.6. The van der Waals surface area contributed by atoms with E-state index in [0.29, 0.717) is 17.1 Å². The summed E-state index contributed by atoms with van der Waals surface area (Å²) >= 11 is 0. The summed E-state index contributed by atoms with van der Waals surface area (Å²) in [6, 6.07) is 3.98. The minimum Gasteiger partial charge on any atom is -0.409 e. The van der Waals surface area contributed by atoms with Crippen LogP contribution in [0.2, 0.25) is 0 Å². The second kappa shape index (κ2) is 8.90. The minimum atomic E-state index is -4.70. The topological polar surface area (TPSA) is 56.9 Å². The van der Waals surface area contributed by atoms with Crippen molar-refractivity contribution < 1.29 is 22.4 Å². The van der Waals surface area contributed by atoms with Gasteiger partial charge in [-0.3, -0.25) is 9.67 Å². The van der Waals surface area contributed by atoms with Crippen LogP contribution in [0.1, 0.15) is 32.2 Å². The van der Waals surface area contributed by atoms with E-state index in [1.807, 2.05) is 16.9 Å².